The molecule has 2 heterocycles. The van der Waals surface area contributed by atoms with Gasteiger partial charge in [-0.15, -0.1) is 0 Å². The lowest BCUT2D eigenvalue weighted by molar-refractivity contribution is -0.133. The minimum atomic E-state index is -0.335. The molecule has 1 amide bonds. The van der Waals surface area contributed by atoms with Crippen molar-refractivity contribution in [3.05, 3.63) is 101 Å². The van der Waals surface area contributed by atoms with Crippen LogP contribution in [0.3, 0.4) is 0 Å². The van der Waals surface area contributed by atoms with Gasteiger partial charge in [0.2, 0.25) is 5.91 Å². The van der Waals surface area contributed by atoms with Gasteiger partial charge in [0.1, 0.15) is 6.04 Å². The highest BCUT2D eigenvalue weighted by atomic mass is 16.3. The summed E-state index contributed by atoms with van der Waals surface area (Å²) in [5.41, 5.74) is 7.24. The molecule has 0 bridgehead atoms. The van der Waals surface area contributed by atoms with E-state index in [9.17, 15) is 9.90 Å². The first-order valence-corrected chi connectivity index (χ1v) is 12.8. The number of nitrogens with zero attached hydrogens (tertiary/aromatic N) is 3. The maximum atomic E-state index is 13.7. The minimum absolute atomic E-state index is 0.143. The van der Waals surface area contributed by atoms with Crippen molar-refractivity contribution < 1.29 is 9.90 Å². The van der Waals surface area contributed by atoms with E-state index in [4.69, 9.17) is 0 Å². The van der Waals surface area contributed by atoms with E-state index in [1.165, 1.54) is 27.8 Å². The molecular weight excluding hydrogens is 448 g/mol. The zero-order valence-corrected chi connectivity index (χ0v) is 20.6. The maximum Gasteiger partial charge on any atom is 0.245 e. The van der Waals surface area contributed by atoms with Gasteiger partial charge in [-0.25, -0.2) is 0 Å². The fourth-order valence-corrected chi connectivity index (χ4v) is 5.18. The van der Waals surface area contributed by atoms with Crippen LogP contribution < -0.4 is 5.32 Å². The molecule has 1 aliphatic carbocycles. The van der Waals surface area contributed by atoms with Gasteiger partial charge in [-0.1, -0.05) is 42.5 Å². The normalized spacial score (nSPS) is 16.4. The number of benzene rings is 2. The van der Waals surface area contributed by atoms with E-state index in [2.05, 4.69) is 69.8 Å². The number of pyridine rings is 1. The van der Waals surface area contributed by atoms with Crippen molar-refractivity contribution in [1.82, 2.24) is 14.8 Å². The summed E-state index contributed by atoms with van der Waals surface area (Å²) < 4.78 is 0. The number of hydrogen-bond donors (Lipinski definition) is 2. The predicted molar refractivity (Wildman–Crippen MR) is 144 cm³/mol. The van der Waals surface area contributed by atoms with E-state index in [0.29, 0.717) is 26.1 Å². The molecule has 2 aliphatic rings. The van der Waals surface area contributed by atoms with Crippen LogP contribution in [0.5, 0.6) is 0 Å². The smallest absolute Gasteiger partial charge is 0.245 e. The fourth-order valence-electron chi connectivity index (χ4n) is 5.18. The Kier molecular flexibility index (Phi) is 7.74. The van der Waals surface area contributed by atoms with Crippen molar-refractivity contribution >= 4 is 17.2 Å². The molecule has 6 heteroatoms. The van der Waals surface area contributed by atoms with Gasteiger partial charge >= 0.3 is 0 Å². The molecule has 1 aromatic heterocycles. The van der Waals surface area contributed by atoms with Gasteiger partial charge < -0.3 is 15.3 Å². The standard InChI is InChI=1S/C30H34N4O2/c35-20-19-33-15-17-34(18-16-33)30(36)29(22-26-8-7-25-3-1-2-4-28(25)26)32-27-9-5-23(6-10-27)21-24-11-13-31-14-12-24/h1-6,8-14,29,32,35H,7,15-22H2. The Bertz CT molecular complexity index is 1190. The van der Waals surface area contributed by atoms with Gasteiger partial charge in [-0.05, 0) is 64.9 Å². The summed E-state index contributed by atoms with van der Waals surface area (Å²) in [4.78, 5) is 22.0. The summed E-state index contributed by atoms with van der Waals surface area (Å²) in [5.74, 6) is 0.143. The second-order valence-electron chi connectivity index (χ2n) is 9.61. The molecule has 0 spiro atoms. The second kappa shape index (κ2) is 11.5. The highest BCUT2D eigenvalue weighted by Gasteiger charge is 2.29. The first kappa shape index (κ1) is 24.2. The predicted octanol–water partition coefficient (Wildman–Crippen LogP) is 3.62. The summed E-state index contributed by atoms with van der Waals surface area (Å²) in [5, 5.41) is 12.8. The molecule has 36 heavy (non-hydrogen) atoms. The highest BCUT2D eigenvalue weighted by molar-refractivity contribution is 5.88. The van der Waals surface area contributed by atoms with Gasteiger partial charge in [0.05, 0.1) is 6.61 Å². The number of hydrogen-bond acceptors (Lipinski definition) is 5. The van der Waals surface area contributed by atoms with E-state index >= 15 is 0 Å². The van der Waals surface area contributed by atoms with E-state index in [0.717, 1.165) is 31.6 Å². The Morgan fingerprint density at radius 2 is 1.67 bits per heavy atom. The van der Waals surface area contributed by atoms with E-state index < -0.39 is 0 Å². The van der Waals surface area contributed by atoms with Crippen molar-refractivity contribution in [1.29, 1.82) is 0 Å². The van der Waals surface area contributed by atoms with Crippen LogP contribution in [-0.2, 0) is 17.6 Å². The summed E-state index contributed by atoms with van der Waals surface area (Å²) >= 11 is 0. The van der Waals surface area contributed by atoms with Gasteiger partial charge in [-0.3, -0.25) is 14.7 Å². The largest absolute Gasteiger partial charge is 0.395 e. The molecule has 186 valence electrons. The third-order valence-corrected chi connectivity index (χ3v) is 7.21. The monoisotopic (exact) mass is 482 g/mol. The number of rotatable bonds is 9. The quantitative estimate of drug-likeness (QED) is 0.488. The Morgan fingerprint density at radius 3 is 2.42 bits per heavy atom. The molecule has 1 saturated heterocycles. The van der Waals surface area contributed by atoms with Crippen LogP contribution in [0.1, 0.15) is 28.7 Å². The number of anilines is 1. The number of aromatic nitrogens is 1. The van der Waals surface area contributed by atoms with Crippen LogP contribution >= 0.6 is 0 Å². The number of carbonyl (C=O) groups excluding carboxylic acids is 1. The maximum absolute atomic E-state index is 13.7. The van der Waals surface area contributed by atoms with Crippen molar-refractivity contribution in [3.63, 3.8) is 0 Å². The third-order valence-electron chi connectivity index (χ3n) is 7.21. The highest BCUT2D eigenvalue weighted by Crippen LogP contribution is 2.31. The van der Waals surface area contributed by atoms with Crippen molar-refractivity contribution in [2.24, 2.45) is 0 Å². The second-order valence-corrected chi connectivity index (χ2v) is 9.61. The number of piperazine rings is 1. The topological polar surface area (TPSA) is 68.7 Å². The number of amides is 1. The number of carbonyl (C=O) groups is 1. The molecule has 3 aromatic rings. The number of aliphatic hydroxyl groups excluding tert-OH is 1. The Morgan fingerprint density at radius 1 is 0.944 bits per heavy atom. The van der Waals surface area contributed by atoms with Crippen LogP contribution in [0.25, 0.3) is 5.57 Å². The molecular formula is C30H34N4O2. The van der Waals surface area contributed by atoms with Crippen LogP contribution in [0.4, 0.5) is 5.69 Å². The number of aliphatic hydroxyl groups is 1. The van der Waals surface area contributed by atoms with E-state index in [1.54, 1.807) is 0 Å². The number of allylic oxidation sites excluding steroid dienone is 1. The van der Waals surface area contributed by atoms with Crippen LogP contribution in [0, 0.1) is 0 Å². The Balaban J connectivity index is 1.30. The number of β-amino-alcohol motifs (C(OH)–C–C–N with tert-alkyl or cyclic N) is 1. The van der Waals surface area contributed by atoms with Crippen molar-refractivity contribution in [2.75, 3.05) is 44.6 Å². The fraction of sp³-hybridized carbons (Fsp3) is 0.333. The molecule has 0 radical (unpaired) electrons. The summed E-state index contributed by atoms with van der Waals surface area (Å²) in [6.45, 7) is 3.81. The van der Waals surface area contributed by atoms with Crippen LogP contribution in [0.2, 0.25) is 0 Å². The Labute approximate surface area is 213 Å². The molecule has 1 fully saturated rings. The molecule has 2 N–H and O–H groups in total. The zero-order chi connectivity index (χ0) is 24.7. The lowest BCUT2D eigenvalue weighted by Crippen LogP contribution is -2.53. The average molecular weight is 483 g/mol. The summed E-state index contributed by atoms with van der Waals surface area (Å²) in [7, 11) is 0. The molecule has 1 atom stereocenters. The lowest BCUT2D eigenvalue weighted by atomic mass is 9.98. The first-order valence-electron chi connectivity index (χ1n) is 12.8. The lowest BCUT2D eigenvalue weighted by Gasteiger charge is -2.36. The van der Waals surface area contributed by atoms with Gasteiger partial charge in [0.15, 0.2) is 0 Å². The molecule has 5 rings (SSSR count). The molecule has 1 unspecified atom stereocenters. The number of fused-ring (bicyclic) bond motifs is 1. The van der Waals surface area contributed by atoms with Gasteiger partial charge in [0.25, 0.3) is 0 Å². The summed E-state index contributed by atoms with van der Waals surface area (Å²) in [6, 6.07) is 20.6. The molecule has 6 nitrogen and oxygen atoms in total. The van der Waals surface area contributed by atoms with Gasteiger partial charge in [-0.2, -0.15) is 0 Å². The van der Waals surface area contributed by atoms with Crippen molar-refractivity contribution in [2.45, 2.75) is 25.3 Å². The minimum Gasteiger partial charge on any atom is -0.395 e. The zero-order valence-electron chi connectivity index (χ0n) is 20.6. The average Bonchev–Trinajstić information content (AvgIpc) is 3.33. The molecule has 1 aliphatic heterocycles. The van der Waals surface area contributed by atoms with Crippen LogP contribution in [0.15, 0.2) is 79.1 Å². The van der Waals surface area contributed by atoms with E-state index in [-0.39, 0.29) is 18.6 Å². The van der Waals surface area contributed by atoms with E-state index in [1.807, 2.05) is 29.4 Å². The molecule has 2 aromatic carbocycles. The van der Waals surface area contributed by atoms with Crippen molar-refractivity contribution in [3.8, 4) is 0 Å². The van der Waals surface area contributed by atoms with Gasteiger partial charge in [0, 0.05) is 57.2 Å². The van der Waals surface area contributed by atoms with Crippen LogP contribution in [-0.4, -0.2) is 71.2 Å². The SMILES string of the molecule is O=C(C(CC1=CCc2ccccc21)Nc1ccc(Cc2ccncc2)cc1)N1CCN(CCO)CC1. The Hall–Kier alpha value is -3.48. The summed E-state index contributed by atoms with van der Waals surface area (Å²) in [6.07, 6.45) is 8.35. The number of nitrogens with one attached hydrogen (secondary N) is 1. The third kappa shape index (κ3) is 5.83. The first-order chi connectivity index (χ1) is 17.7. The molecule has 0 saturated carbocycles.